The third kappa shape index (κ3) is 5.73. The van der Waals surface area contributed by atoms with Gasteiger partial charge in [0.1, 0.15) is 17.1 Å². The van der Waals surface area contributed by atoms with Crippen LogP contribution in [0.4, 0.5) is 4.79 Å². The highest BCUT2D eigenvalue weighted by Gasteiger charge is 2.65. The molecule has 1 aromatic carbocycles. The number of aromatic nitrogens is 4. The summed E-state index contributed by atoms with van der Waals surface area (Å²) in [6, 6.07) is 5.58. The number of nitrogens with zero attached hydrogens (tertiary/aromatic N) is 7. The fraction of sp³-hybridized carbons (Fsp3) is 0.423. The monoisotopic (exact) mass is 659 g/mol. The van der Waals surface area contributed by atoms with Crippen LogP contribution in [0.5, 0.6) is 0 Å². The van der Waals surface area contributed by atoms with Crippen molar-refractivity contribution in [2.75, 3.05) is 37.7 Å². The molecule has 3 aliphatic heterocycles. The maximum absolute atomic E-state index is 13.8. The standard InChI is InChI=1S/C26H29N9O8S2/c1-3-33-9-10-34(20(39)19(33)38)24(43)27-16(14-7-5-4-6-8-14)18(37)28-26(13-36)22(42)35-17(21(40)41)15(11-44-23(26)35)12-45-25-29-30-31-32(25)2/h4-8,16,23,36H,3,9-13H2,1-2H3,(H,27,43)(H,28,37)(H,40,41)/t16?,23-,26+/m0/s1. The maximum atomic E-state index is 13.8. The molecule has 2 fully saturated rings. The van der Waals surface area contributed by atoms with Crippen molar-refractivity contribution in [2.24, 2.45) is 7.05 Å². The normalized spacial score (nSPS) is 22.2. The lowest BCUT2D eigenvalue weighted by molar-refractivity contribution is -0.162. The number of likely N-dealkylation sites (N-methyl/N-ethyl adjacent to an activating group) is 1. The fourth-order valence-electron chi connectivity index (χ4n) is 5.20. The van der Waals surface area contributed by atoms with E-state index in [0.29, 0.717) is 27.7 Å². The molecule has 238 valence electrons. The summed E-state index contributed by atoms with van der Waals surface area (Å²) < 4.78 is 1.42. The van der Waals surface area contributed by atoms with Crippen LogP contribution < -0.4 is 10.6 Å². The van der Waals surface area contributed by atoms with Crippen LogP contribution in [0.3, 0.4) is 0 Å². The molecule has 4 heterocycles. The molecule has 0 radical (unpaired) electrons. The van der Waals surface area contributed by atoms with E-state index in [2.05, 4.69) is 26.2 Å². The highest BCUT2D eigenvalue weighted by atomic mass is 32.2. The molecule has 4 N–H and O–H groups in total. The number of urea groups is 1. The Morgan fingerprint density at radius 2 is 1.89 bits per heavy atom. The number of piperazine rings is 1. The van der Waals surface area contributed by atoms with Crippen LogP contribution in [0.15, 0.2) is 46.8 Å². The molecule has 6 amide bonds. The van der Waals surface area contributed by atoms with Gasteiger partial charge in [-0.2, -0.15) is 0 Å². The predicted octanol–water partition coefficient (Wildman–Crippen LogP) is -1.46. The SMILES string of the molecule is CCN1CCN(C(=O)NC(C(=O)N[C@]2(CO)C(=O)N3C(C(=O)O)=C(CSc4nnnn4C)CS[C@H]32)c2ccccc2)C(=O)C1=O. The number of tetrazole rings is 1. The Balaban J connectivity index is 1.37. The molecule has 0 aliphatic carbocycles. The molecule has 0 spiro atoms. The van der Waals surface area contributed by atoms with Crippen LogP contribution in [-0.2, 0) is 31.0 Å². The summed E-state index contributed by atoms with van der Waals surface area (Å²) in [6.45, 7) is 1.18. The zero-order valence-electron chi connectivity index (χ0n) is 24.1. The smallest absolute Gasteiger partial charge is 0.352 e. The molecule has 3 aliphatic rings. The summed E-state index contributed by atoms with van der Waals surface area (Å²) in [5.41, 5.74) is -1.43. The van der Waals surface area contributed by atoms with Gasteiger partial charge in [-0.15, -0.1) is 16.9 Å². The average molecular weight is 660 g/mol. The van der Waals surface area contributed by atoms with E-state index < -0.39 is 59.2 Å². The van der Waals surface area contributed by atoms with Crippen LogP contribution >= 0.6 is 23.5 Å². The summed E-state index contributed by atoms with van der Waals surface area (Å²) in [5, 5.41) is 36.2. The number of hydrogen-bond donors (Lipinski definition) is 4. The van der Waals surface area contributed by atoms with Gasteiger partial charge in [0.05, 0.1) is 6.61 Å². The van der Waals surface area contributed by atoms with Crippen LogP contribution in [0.25, 0.3) is 0 Å². The summed E-state index contributed by atoms with van der Waals surface area (Å²) in [7, 11) is 1.63. The maximum Gasteiger partial charge on any atom is 0.352 e. The van der Waals surface area contributed by atoms with Gasteiger partial charge in [-0.25, -0.2) is 14.3 Å². The first-order chi connectivity index (χ1) is 21.5. The number of rotatable bonds is 10. The van der Waals surface area contributed by atoms with Gasteiger partial charge in [-0.3, -0.25) is 29.0 Å². The highest BCUT2D eigenvalue weighted by Crippen LogP contribution is 2.47. The van der Waals surface area contributed by atoms with Crippen molar-refractivity contribution in [3.05, 3.63) is 47.2 Å². The molecule has 19 heteroatoms. The van der Waals surface area contributed by atoms with E-state index in [9.17, 15) is 39.0 Å². The van der Waals surface area contributed by atoms with Crippen molar-refractivity contribution in [3.8, 4) is 0 Å². The van der Waals surface area contributed by atoms with Gasteiger partial charge >= 0.3 is 23.8 Å². The Labute approximate surface area is 264 Å². The van der Waals surface area contributed by atoms with Crippen molar-refractivity contribution in [2.45, 2.75) is 29.0 Å². The summed E-state index contributed by atoms with van der Waals surface area (Å²) in [5.74, 6) is -4.62. The number of β-lactam (4-membered cyclic amide) rings is 1. The molecular formula is C26H29N9O8S2. The second kappa shape index (κ2) is 12.9. The molecule has 2 saturated heterocycles. The van der Waals surface area contributed by atoms with E-state index in [1.165, 1.54) is 21.3 Å². The average Bonchev–Trinajstić information content (AvgIpc) is 3.46. The number of fused-ring (bicyclic) bond motifs is 1. The second-order valence-corrected chi connectivity index (χ2v) is 12.2. The first-order valence-electron chi connectivity index (χ1n) is 13.7. The van der Waals surface area contributed by atoms with E-state index >= 15 is 0 Å². The number of amides is 6. The minimum Gasteiger partial charge on any atom is -0.477 e. The lowest BCUT2D eigenvalue weighted by Gasteiger charge is -2.56. The number of carboxylic acid groups (broad SMARTS) is 1. The van der Waals surface area contributed by atoms with E-state index in [-0.39, 0.29) is 30.3 Å². The Kier molecular flexibility index (Phi) is 9.12. The van der Waals surface area contributed by atoms with Crippen LogP contribution in [0.2, 0.25) is 0 Å². The number of aliphatic carboxylic acids is 1. The molecule has 2 aromatic rings. The molecule has 1 aromatic heterocycles. The molecule has 1 unspecified atom stereocenters. The van der Waals surface area contributed by atoms with E-state index in [1.807, 2.05) is 0 Å². The number of aliphatic hydroxyl groups excluding tert-OH is 1. The Morgan fingerprint density at radius 1 is 1.16 bits per heavy atom. The van der Waals surface area contributed by atoms with Crippen LogP contribution in [0, 0.1) is 0 Å². The van der Waals surface area contributed by atoms with Crippen molar-refractivity contribution >= 4 is 59.2 Å². The zero-order chi connectivity index (χ0) is 32.5. The molecule has 3 atom stereocenters. The number of aliphatic hydroxyl groups is 1. The summed E-state index contributed by atoms with van der Waals surface area (Å²) in [6.07, 6.45) is 0. The molecule has 0 bridgehead atoms. The zero-order valence-corrected chi connectivity index (χ0v) is 25.7. The lowest BCUT2D eigenvalue weighted by Crippen LogP contribution is -2.81. The first-order valence-corrected chi connectivity index (χ1v) is 15.7. The van der Waals surface area contributed by atoms with Gasteiger partial charge in [-0.1, -0.05) is 42.1 Å². The number of carbonyl (C=O) groups excluding carboxylic acids is 5. The first kappa shape index (κ1) is 31.9. The molecule has 0 saturated carbocycles. The number of aryl methyl sites for hydroxylation is 1. The summed E-state index contributed by atoms with van der Waals surface area (Å²) >= 11 is 2.35. The Hall–Kier alpha value is -4.49. The fourth-order valence-corrected chi connectivity index (χ4v) is 7.66. The van der Waals surface area contributed by atoms with Crippen molar-refractivity contribution in [3.63, 3.8) is 0 Å². The quantitative estimate of drug-likeness (QED) is 0.130. The van der Waals surface area contributed by atoms with Gasteiger partial charge < -0.3 is 25.7 Å². The predicted molar refractivity (Wildman–Crippen MR) is 157 cm³/mol. The summed E-state index contributed by atoms with van der Waals surface area (Å²) in [4.78, 5) is 81.0. The number of nitrogens with one attached hydrogen (secondary N) is 2. The van der Waals surface area contributed by atoms with E-state index in [1.54, 1.807) is 44.3 Å². The third-order valence-corrected chi connectivity index (χ3v) is 10.1. The highest BCUT2D eigenvalue weighted by molar-refractivity contribution is 8.01. The van der Waals surface area contributed by atoms with E-state index in [0.717, 1.165) is 16.7 Å². The molecule has 45 heavy (non-hydrogen) atoms. The molecule has 17 nitrogen and oxygen atoms in total. The molecular weight excluding hydrogens is 630 g/mol. The molecule has 5 rings (SSSR count). The van der Waals surface area contributed by atoms with Gasteiger partial charge in [-0.05, 0) is 28.5 Å². The number of carbonyl (C=O) groups is 6. The topological polar surface area (TPSA) is 220 Å². The second-order valence-electron chi connectivity index (χ2n) is 10.2. The van der Waals surface area contributed by atoms with Crippen molar-refractivity contribution < 1.29 is 39.0 Å². The van der Waals surface area contributed by atoms with Crippen molar-refractivity contribution in [1.29, 1.82) is 0 Å². The van der Waals surface area contributed by atoms with Gasteiger partial charge in [0.15, 0.2) is 5.54 Å². The Morgan fingerprint density at radius 3 is 2.51 bits per heavy atom. The number of carboxylic acids is 1. The van der Waals surface area contributed by atoms with Gasteiger partial charge in [0, 0.05) is 38.2 Å². The van der Waals surface area contributed by atoms with Gasteiger partial charge in [0.25, 0.3) is 5.91 Å². The third-order valence-electron chi connectivity index (χ3n) is 7.60. The number of thioether (sulfide) groups is 2. The van der Waals surface area contributed by atoms with Crippen LogP contribution in [-0.4, -0.2) is 129 Å². The number of hydrogen-bond acceptors (Lipinski definition) is 12. The van der Waals surface area contributed by atoms with Crippen LogP contribution in [0.1, 0.15) is 18.5 Å². The number of benzene rings is 1. The number of imide groups is 1. The van der Waals surface area contributed by atoms with Gasteiger partial charge in [0.2, 0.25) is 11.1 Å². The van der Waals surface area contributed by atoms with Crippen molar-refractivity contribution in [1.82, 2.24) is 45.5 Å². The Bertz CT molecular complexity index is 1580. The minimum atomic E-state index is -1.90. The van der Waals surface area contributed by atoms with E-state index in [4.69, 9.17) is 0 Å². The minimum absolute atomic E-state index is 0.0851. The lowest BCUT2D eigenvalue weighted by atomic mass is 9.86. The largest absolute Gasteiger partial charge is 0.477 e.